The number of aryl methyl sites for hydroxylation is 2. The van der Waals surface area contributed by atoms with Gasteiger partial charge in [0, 0.05) is 30.9 Å². The Kier molecular flexibility index (Phi) is 5.99. The van der Waals surface area contributed by atoms with Crippen molar-refractivity contribution >= 4 is 28.4 Å². The summed E-state index contributed by atoms with van der Waals surface area (Å²) in [5, 5.41) is 19.9. The lowest BCUT2D eigenvalue weighted by Gasteiger charge is -2.27. The highest BCUT2D eigenvalue weighted by Crippen LogP contribution is 2.35. The highest BCUT2D eigenvalue weighted by molar-refractivity contribution is 6.10. The Hall–Kier alpha value is -3.95. The Labute approximate surface area is 194 Å². The molecule has 0 aliphatic carbocycles. The summed E-state index contributed by atoms with van der Waals surface area (Å²) in [7, 11) is 1.57. The molecule has 2 aromatic carbocycles. The van der Waals surface area contributed by atoms with E-state index in [4.69, 9.17) is 5.41 Å². The number of nitrogens with one attached hydrogen (secondary N) is 2. The average molecular weight is 468 g/mol. The first-order valence-corrected chi connectivity index (χ1v) is 10.6. The Balaban J connectivity index is 1.64. The van der Waals surface area contributed by atoms with Crippen LogP contribution in [0.25, 0.3) is 10.9 Å². The molecule has 1 amide bonds. The molecule has 176 valence electrons. The Morgan fingerprint density at radius 2 is 2.03 bits per heavy atom. The first-order chi connectivity index (χ1) is 16.1. The summed E-state index contributed by atoms with van der Waals surface area (Å²) in [6, 6.07) is 7.30. The van der Waals surface area contributed by atoms with Crippen LogP contribution in [-0.2, 0) is 13.0 Å². The number of nitrogens with zero attached hydrogens (tertiary/aromatic N) is 4. The number of allylic oxidation sites excluding steroid dienone is 1. The van der Waals surface area contributed by atoms with Gasteiger partial charge in [-0.25, -0.2) is 9.40 Å². The molecule has 0 saturated carbocycles. The highest BCUT2D eigenvalue weighted by Gasteiger charge is 2.44. The quantitative estimate of drug-likeness (QED) is 0.436. The molecule has 2 heterocycles. The van der Waals surface area contributed by atoms with E-state index in [0.29, 0.717) is 28.9 Å². The lowest BCUT2D eigenvalue weighted by Crippen LogP contribution is -2.40. The summed E-state index contributed by atoms with van der Waals surface area (Å²) < 4.78 is 46.8. The first-order valence-electron chi connectivity index (χ1n) is 10.6. The second kappa shape index (κ2) is 8.77. The number of hydrogen-bond acceptors (Lipinski definition) is 4. The fourth-order valence-corrected chi connectivity index (χ4v) is 3.81. The number of fused-ring (bicyclic) bond motifs is 1. The first kappa shape index (κ1) is 23.2. The van der Waals surface area contributed by atoms with E-state index in [0.717, 1.165) is 11.1 Å². The number of rotatable bonds is 5. The normalized spacial score (nSPS) is 13.8. The molecule has 7 nitrogen and oxygen atoms in total. The van der Waals surface area contributed by atoms with E-state index in [1.165, 1.54) is 16.9 Å². The molecular formula is C24H23F3N6O. The highest BCUT2D eigenvalue weighted by atomic mass is 19.3. The van der Waals surface area contributed by atoms with Crippen LogP contribution in [0.2, 0.25) is 0 Å². The van der Waals surface area contributed by atoms with Gasteiger partial charge in [0.2, 0.25) is 0 Å². The molecule has 2 N–H and O–H groups in total. The van der Waals surface area contributed by atoms with Crippen LogP contribution in [0, 0.1) is 18.2 Å². The second-order valence-electron chi connectivity index (χ2n) is 7.94. The molecule has 0 atom stereocenters. The van der Waals surface area contributed by atoms with Gasteiger partial charge in [0.15, 0.2) is 5.84 Å². The van der Waals surface area contributed by atoms with E-state index in [-0.39, 0.29) is 23.4 Å². The molecule has 1 aromatic heterocycles. The van der Waals surface area contributed by atoms with E-state index in [1.54, 1.807) is 44.3 Å². The summed E-state index contributed by atoms with van der Waals surface area (Å²) >= 11 is 0. The minimum absolute atomic E-state index is 0.0436. The molecular weight excluding hydrogens is 445 g/mol. The maximum atomic E-state index is 15.3. The van der Waals surface area contributed by atoms with Crippen molar-refractivity contribution in [3.63, 3.8) is 0 Å². The van der Waals surface area contributed by atoms with E-state index >= 15 is 8.78 Å². The zero-order chi connectivity index (χ0) is 24.6. The summed E-state index contributed by atoms with van der Waals surface area (Å²) in [5.74, 6) is -6.39. The molecule has 0 bridgehead atoms. The van der Waals surface area contributed by atoms with Crippen LogP contribution >= 0.6 is 0 Å². The number of halogens is 3. The zero-order valence-electron chi connectivity index (χ0n) is 18.9. The number of amides is 1. The molecule has 3 aromatic rings. The topological polar surface area (TPSA) is 86.4 Å². The van der Waals surface area contributed by atoms with Crippen molar-refractivity contribution in [2.45, 2.75) is 19.8 Å². The largest absolute Gasteiger partial charge is 0.352 e. The van der Waals surface area contributed by atoms with Gasteiger partial charge in [0.1, 0.15) is 5.82 Å². The summed E-state index contributed by atoms with van der Waals surface area (Å²) in [5.41, 5.74) is 1.49. The van der Waals surface area contributed by atoms with Gasteiger partial charge in [-0.1, -0.05) is 12.1 Å². The van der Waals surface area contributed by atoms with Crippen LogP contribution in [0.1, 0.15) is 34.0 Å². The summed E-state index contributed by atoms with van der Waals surface area (Å²) in [6.07, 6.45) is 4.58. The van der Waals surface area contributed by atoms with Gasteiger partial charge in [0.25, 0.3) is 5.91 Å². The van der Waals surface area contributed by atoms with Crippen molar-refractivity contribution in [3.8, 4) is 0 Å². The Morgan fingerprint density at radius 3 is 2.74 bits per heavy atom. The molecule has 4 rings (SSSR count). The number of hydrogen-bond donors (Lipinski definition) is 2. The van der Waals surface area contributed by atoms with Gasteiger partial charge in [0.05, 0.1) is 28.7 Å². The lowest BCUT2D eigenvalue weighted by atomic mass is 10.0. The second-order valence-corrected chi connectivity index (χ2v) is 7.94. The summed E-state index contributed by atoms with van der Waals surface area (Å²) in [6.45, 7) is 4.02. The molecule has 1 aliphatic heterocycles. The van der Waals surface area contributed by atoms with Gasteiger partial charge >= 0.3 is 5.92 Å². The third kappa shape index (κ3) is 4.07. The lowest BCUT2D eigenvalue weighted by molar-refractivity contribution is 0.0558. The Morgan fingerprint density at radius 1 is 1.26 bits per heavy atom. The minimum atomic E-state index is -3.92. The maximum absolute atomic E-state index is 15.3. The van der Waals surface area contributed by atoms with Crippen LogP contribution in [0.4, 0.5) is 13.2 Å². The molecule has 0 spiro atoms. The molecule has 1 aliphatic rings. The van der Waals surface area contributed by atoms with Gasteiger partial charge in [-0.15, -0.1) is 0 Å². The van der Waals surface area contributed by atoms with Crippen molar-refractivity contribution < 1.29 is 18.0 Å². The van der Waals surface area contributed by atoms with Crippen molar-refractivity contribution in [1.82, 2.24) is 20.1 Å². The van der Waals surface area contributed by atoms with Crippen molar-refractivity contribution in [2.75, 3.05) is 13.1 Å². The van der Waals surface area contributed by atoms with Gasteiger partial charge in [-0.3, -0.25) is 14.9 Å². The molecule has 0 radical (unpaired) electrons. The third-order valence-electron chi connectivity index (χ3n) is 5.52. The van der Waals surface area contributed by atoms with Crippen LogP contribution in [0.15, 0.2) is 53.8 Å². The number of alkyl halides is 2. The van der Waals surface area contributed by atoms with E-state index in [1.807, 2.05) is 6.92 Å². The summed E-state index contributed by atoms with van der Waals surface area (Å²) in [4.78, 5) is 12.1. The number of amidine groups is 1. The third-order valence-corrected chi connectivity index (χ3v) is 5.52. The van der Waals surface area contributed by atoms with Gasteiger partial charge in [-0.05, 0) is 49.8 Å². The van der Waals surface area contributed by atoms with E-state index in [2.05, 4.69) is 15.5 Å². The molecule has 0 saturated heterocycles. The number of aromatic nitrogens is 2. The molecule has 10 heteroatoms. The predicted molar refractivity (Wildman–Crippen MR) is 124 cm³/mol. The predicted octanol–water partition coefficient (Wildman–Crippen LogP) is 4.12. The maximum Gasteiger partial charge on any atom is 0.333 e. The van der Waals surface area contributed by atoms with Crippen molar-refractivity contribution in [2.24, 2.45) is 12.1 Å². The van der Waals surface area contributed by atoms with Crippen molar-refractivity contribution in [1.29, 1.82) is 5.41 Å². The van der Waals surface area contributed by atoms with Crippen LogP contribution < -0.4 is 5.32 Å². The van der Waals surface area contributed by atoms with E-state index < -0.39 is 23.1 Å². The number of carbonyl (C=O) groups excluding carboxylic acids is 1. The fraction of sp³-hybridized carbons (Fsp3) is 0.250. The van der Waals surface area contributed by atoms with Gasteiger partial charge < -0.3 is 5.32 Å². The van der Waals surface area contributed by atoms with Crippen LogP contribution in [-0.4, -0.2) is 45.3 Å². The standard InChI is InChI=1S/C24H23F3N6O/c1-4-29-22(34)16-8-7-15(12-14(16)2)19-6-5-11-33(31-19)23(28)24(26,27)18-9-10-20-17(21(18)25)13-32(3)30-20/h5-10,12-13,28H,4,11H2,1-3H3,(H,29,34). The van der Waals surface area contributed by atoms with Crippen molar-refractivity contribution in [3.05, 3.63) is 76.8 Å². The number of hydrazone groups is 1. The SMILES string of the molecule is CCNC(=O)c1ccc(C2=NN(C(=N)C(F)(F)c3ccc4nn(C)cc4c3F)CC=C2)cc1C. The number of carbonyl (C=O) groups is 1. The molecule has 34 heavy (non-hydrogen) atoms. The smallest absolute Gasteiger partial charge is 0.333 e. The fourth-order valence-electron chi connectivity index (χ4n) is 3.81. The van der Waals surface area contributed by atoms with Gasteiger partial charge in [-0.2, -0.15) is 19.0 Å². The monoisotopic (exact) mass is 468 g/mol. The zero-order valence-corrected chi connectivity index (χ0v) is 18.9. The molecule has 0 fully saturated rings. The average Bonchev–Trinajstić information content (AvgIpc) is 3.20. The molecule has 0 unspecified atom stereocenters. The van der Waals surface area contributed by atoms with Crippen LogP contribution in [0.3, 0.4) is 0 Å². The van der Waals surface area contributed by atoms with Crippen LogP contribution in [0.5, 0.6) is 0 Å². The number of benzene rings is 2. The minimum Gasteiger partial charge on any atom is -0.352 e. The Bertz CT molecular complexity index is 1360. The van der Waals surface area contributed by atoms with E-state index in [9.17, 15) is 9.18 Å².